The van der Waals surface area contributed by atoms with Gasteiger partial charge in [0.15, 0.2) is 0 Å². The van der Waals surface area contributed by atoms with Crippen LogP contribution in [0.2, 0.25) is 0 Å². The highest BCUT2D eigenvalue weighted by Gasteiger charge is 2.37. The summed E-state index contributed by atoms with van der Waals surface area (Å²) in [7, 11) is 0. The van der Waals surface area contributed by atoms with Crippen LogP contribution in [0.3, 0.4) is 0 Å². The molecule has 2 amide bonds. The van der Waals surface area contributed by atoms with E-state index in [9.17, 15) is 22.8 Å². The molecule has 7 heteroatoms. The Morgan fingerprint density at radius 2 is 1.54 bits per heavy atom. The van der Waals surface area contributed by atoms with Crippen LogP contribution in [-0.2, 0) is 22.3 Å². The van der Waals surface area contributed by atoms with Crippen LogP contribution in [0.4, 0.5) is 13.2 Å². The summed E-state index contributed by atoms with van der Waals surface area (Å²) in [5.41, 5.74) is 1.21. The second kappa shape index (κ2) is 12.2. The van der Waals surface area contributed by atoms with Gasteiger partial charge >= 0.3 is 6.18 Å². The summed E-state index contributed by atoms with van der Waals surface area (Å²) in [4.78, 5) is 28.8. The molecule has 35 heavy (non-hydrogen) atoms. The van der Waals surface area contributed by atoms with Crippen molar-refractivity contribution >= 4 is 11.8 Å². The number of halogens is 3. The molecule has 0 N–H and O–H groups in total. The average molecular weight is 489 g/mol. The van der Waals surface area contributed by atoms with Gasteiger partial charge in [-0.15, -0.1) is 0 Å². The number of nitrogens with zero attached hydrogens (tertiary/aromatic N) is 2. The summed E-state index contributed by atoms with van der Waals surface area (Å²) < 4.78 is 38.2. The first-order chi connectivity index (χ1) is 16.7. The second-order valence-corrected chi connectivity index (χ2v) is 9.38. The first-order valence-corrected chi connectivity index (χ1v) is 12.5. The van der Waals surface area contributed by atoms with Gasteiger partial charge in [-0.2, -0.15) is 13.2 Å². The molecule has 2 aliphatic heterocycles. The Kier molecular flexibility index (Phi) is 9.35. The number of benzene rings is 2. The zero-order chi connectivity index (χ0) is 25.4. The number of unbranched alkanes of at least 4 members (excludes halogenated alkanes) is 1. The third-order valence-corrected chi connectivity index (χ3v) is 6.80. The van der Waals surface area contributed by atoms with E-state index in [0.717, 1.165) is 25.0 Å². The lowest BCUT2D eigenvalue weighted by molar-refractivity contribution is -0.138. The second-order valence-electron chi connectivity index (χ2n) is 9.38. The Hall–Kier alpha value is -2.83. The molecule has 0 aliphatic carbocycles. The molecule has 190 valence electrons. The largest absolute Gasteiger partial charge is 0.416 e. The Morgan fingerprint density at radius 3 is 2.09 bits per heavy atom. The molecule has 2 fully saturated rings. The maximum atomic E-state index is 13.0. The summed E-state index contributed by atoms with van der Waals surface area (Å²) in [6.07, 6.45) is 0.239. The Morgan fingerprint density at radius 1 is 0.943 bits per heavy atom. The highest BCUT2D eigenvalue weighted by atomic mass is 19.4. The summed E-state index contributed by atoms with van der Waals surface area (Å²) in [5.74, 6) is -0.0472. The molecule has 2 aromatic carbocycles. The fraction of sp³-hybridized carbons (Fsp3) is 0.500. The van der Waals surface area contributed by atoms with Crippen LogP contribution in [0.1, 0.15) is 68.6 Å². The number of carbonyl (C=O) groups is 2. The molecule has 1 atom stereocenters. The monoisotopic (exact) mass is 488 g/mol. The van der Waals surface area contributed by atoms with Crippen LogP contribution in [-0.4, -0.2) is 41.2 Å². The van der Waals surface area contributed by atoms with Crippen LogP contribution >= 0.6 is 0 Å². The van der Waals surface area contributed by atoms with Gasteiger partial charge in [0.25, 0.3) is 0 Å². The molecular formula is C28H35F3N2O2. The van der Waals surface area contributed by atoms with Gasteiger partial charge < -0.3 is 9.80 Å². The number of hydrogen-bond donors (Lipinski definition) is 0. The van der Waals surface area contributed by atoms with Crippen molar-refractivity contribution in [3.05, 3.63) is 71.3 Å². The molecule has 2 saturated heterocycles. The van der Waals surface area contributed by atoms with Gasteiger partial charge in [0, 0.05) is 32.6 Å². The van der Waals surface area contributed by atoms with Gasteiger partial charge in [-0.05, 0) is 42.0 Å². The van der Waals surface area contributed by atoms with Gasteiger partial charge in [-0.3, -0.25) is 9.59 Å². The van der Waals surface area contributed by atoms with E-state index in [0.29, 0.717) is 31.1 Å². The van der Waals surface area contributed by atoms with Crippen LogP contribution in [0.25, 0.3) is 0 Å². The SMILES string of the molecule is CCCC.O=C1CC(C(=O)N2CCC(c3ccccc3)CC2)CN1Cc1ccc(C(F)(F)F)cc1. The number of carbonyl (C=O) groups excluding carboxylic acids is 2. The number of alkyl halides is 3. The molecular weight excluding hydrogens is 453 g/mol. The van der Waals surface area contributed by atoms with Crippen molar-refractivity contribution in [2.45, 2.75) is 64.6 Å². The van der Waals surface area contributed by atoms with Crippen molar-refractivity contribution < 1.29 is 22.8 Å². The van der Waals surface area contributed by atoms with E-state index < -0.39 is 11.7 Å². The van der Waals surface area contributed by atoms with E-state index in [1.54, 1.807) is 4.90 Å². The summed E-state index contributed by atoms with van der Waals surface area (Å²) >= 11 is 0. The third-order valence-electron chi connectivity index (χ3n) is 6.80. The van der Waals surface area contributed by atoms with Crippen LogP contribution < -0.4 is 0 Å². The maximum Gasteiger partial charge on any atom is 0.416 e. The molecule has 2 aliphatic rings. The minimum Gasteiger partial charge on any atom is -0.342 e. The summed E-state index contributed by atoms with van der Waals surface area (Å²) in [6, 6.07) is 15.1. The normalized spacial score (nSPS) is 18.9. The molecule has 0 radical (unpaired) electrons. The number of piperidine rings is 1. The first-order valence-electron chi connectivity index (χ1n) is 12.5. The minimum absolute atomic E-state index is 0.00906. The standard InChI is InChI=1S/C24H25F3N2O2.C4H10/c25-24(26,27)21-8-6-17(7-9-21)15-29-16-20(14-22(29)30)23(31)28-12-10-19(11-13-28)18-4-2-1-3-5-18;1-3-4-2/h1-9,19-20H,10-16H2;3-4H2,1-2H3. The van der Waals surface area contributed by atoms with Crippen molar-refractivity contribution in [1.82, 2.24) is 9.80 Å². The lowest BCUT2D eigenvalue weighted by Crippen LogP contribution is -2.42. The van der Waals surface area contributed by atoms with E-state index in [4.69, 9.17) is 0 Å². The number of rotatable bonds is 5. The smallest absolute Gasteiger partial charge is 0.342 e. The lowest BCUT2D eigenvalue weighted by atomic mass is 9.89. The topological polar surface area (TPSA) is 40.6 Å². The quantitative estimate of drug-likeness (QED) is 0.498. The van der Waals surface area contributed by atoms with Crippen molar-refractivity contribution in [2.24, 2.45) is 5.92 Å². The predicted octanol–water partition coefficient (Wildman–Crippen LogP) is 6.27. The maximum absolute atomic E-state index is 13.0. The van der Waals surface area contributed by atoms with E-state index in [1.807, 2.05) is 23.1 Å². The molecule has 0 bridgehead atoms. The predicted molar refractivity (Wildman–Crippen MR) is 131 cm³/mol. The van der Waals surface area contributed by atoms with Crippen molar-refractivity contribution in [2.75, 3.05) is 19.6 Å². The van der Waals surface area contributed by atoms with E-state index in [-0.39, 0.29) is 30.7 Å². The fourth-order valence-corrected chi connectivity index (χ4v) is 4.53. The van der Waals surface area contributed by atoms with Crippen molar-refractivity contribution in [3.63, 3.8) is 0 Å². The highest BCUT2D eigenvalue weighted by molar-refractivity contribution is 5.89. The molecule has 2 heterocycles. The molecule has 4 rings (SSSR count). The van der Waals surface area contributed by atoms with Gasteiger partial charge in [0.05, 0.1) is 11.5 Å². The van der Waals surface area contributed by atoms with Crippen molar-refractivity contribution in [3.8, 4) is 0 Å². The zero-order valence-electron chi connectivity index (χ0n) is 20.6. The third kappa shape index (κ3) is 7.33. The van der Waals surface area contributed by atoms with Crippen LogP contribution in [0.15, 0.2) is 54.6 Å². The number of likely N-dealkylation sites (tertiary alicyclic amines) is 2. The Labute approximate surface area is 206 Å². The molecule has 0 spiro atoms. The van der Waals surface area contributed by atoms with Crippen LogP contribution in [0.5, 0.6) is 0 Å². The number of amides is 2. The minimum atomic E-state index is -4.38. The summed E-state index contributed by atoms with van der Waals surface area (Å²) in [6.45, 7) is 6.26. The fourth-order valence-electron chi connectivity index (χ4n) is 4.53. The summed E-state index contributed by atoms with van der Waals surface area (Å²) in [5, 5.41) is 0. The van der Waals surface area contributed by atoms with Gasteiger partial charge in [-0.25, -0.2) is 0 Å². The van der Waals surface area contributed by atoms with E-state index in [2.05, 4.69) is 26.0 Å². The van der Waals surface area contributed by atoms with Gasteiger partial charge in [-0.1, -0.05) is 69.2 Å². The highest BCUT2D eigenvalue weighted by Crippen LogP contribution is 2.31. The zero-order valence-corrected chi connectivity index (χ0v) is 20.6. The Balaban J connectivity index is 0.000000795. The number of hydrogen-bond acceptors (Lipinski definition) is 2. The van der Waals surface area contributed by atoms with Gasteiger partial charge in [0.1, 0.15) is 0 Å². The van der Waals surface area contributed by atoms with Gasteiger partial charge in [0.2, 0.25) is 11.8 Å². The lowest BCUT2D eigenvalue weighted by Gasteiger charge is -2.33. The molecule has 2 aromatic rings. The molecule has 0 aromatic heterocycles. The average Bonchev–Trinajstić information content (AvgIpc) is 3.24. The molecule has 1 unspecified atom stereocenters. The first kappa shape index (κ1) is 26.8. The van der Waals surface area contributed by atoms with Crippen LogP contribution in [0, 0.1) is 5.92 Å². The van der Waals surface area contributed by atoms with E-state index in [1.165, 1.54) is 30.5 Å². The molecule has 0 saturated carbocycles. The Bertz CT molecular complexity index is 950. The molecule has 4 nitrogen and oxygen atoms in total. The van der Waals surface area contributed by atoms with E-state index >= 15 is 0 Å². The van der Waals surface area contributed by atoms with Crippen molar-refractivity contribution in [1.29, 1.82) is 0 Å².